The number of Topliss-reactive ketones (excluding diaryl/α,β-unsaturated/α-hetero) is 1. The Morgan fingerprint density at radius 2 is 1.82 bits per heavy atom. The predicted molar refractivity (Wildman–Crippen MR) is 100 cm³/mol. The third kappa shape index (κ3) is 3.64. The lowest BCUT2D eigenvalue weighted by molar-refractivity contribution is -0.116. The quantitative estimate of drug-likeness (QED) is 0.466. The van der Waals surface area contributed by atoms with E-state index >= 15 is 0 Å². The van der Waals surface area contributed by atoms with E-state index in [0.29, 0.717) is 16.9 Å². The number of sulfone groups is 1. The summed E-state index contributed by atoms with van der Waals surface area (Å²) in [6, 6.07) is 6.80. The number of hydrogen-bond acceptors (Lipinski definition) is 3. The van der Waals surface area contributed by atoms with E-state index in [-0.39, 0.29) is 21.8 Å². The molecule has 6 heteroatoms. The molecule has 1 atom stereocenters. The second kappa shape index (κ2) is 6.36. The maximum atomic E-state index is 12.7. The van der Waals surface area contributed by atoms with Crippen molar-refractivity contribution in [3.8, 4) is 0 Å². The number of rotatable bonds is 3. The van der Waals surface area contributed by atoms with Gasteiger partial charge in [-0.15, -0.1) is 0 Å². The summed E-state index contributed by atoms with van der Waals surface area (Å²) in [5.74, 6) is -0.107. The number of ketones is 1. The van der Waals surface area contributed by atoms with Gasteiger partial charge in [-0.2, -0.15) is 0 Å². The molecule has 120 valence electrons. The van der Waals surface area contributed by atoms with Crippen LogP contribution in [0.25, 0.3) is 0 Å². The Balaban J connectivity index is 2.43. The molecule has 0 aromatic heterocycles. The highest BCUT2D eigenvalue weighted by Gasteiger charge is 2.39. The monoisotopic (exact) mass is 496 g/mol. The molecule has 0 aliphatic heterocycles. The molecule has 0 fully saturated rings. The summed E-state index contributed by atoms with van der Waals surface area (Å²) >= 11 is 5.54. The van der Waals surface area contributed by atoms with Crippen LogP contribution in [0.5, 0.6) is 0 Å². The molecule has 1 aliphatic rings. The summed E-state index contributed by atoms with van der Waals surface area (Å²) in [5.41, 5.74) is 0.988. The summed E-state index contributed by atoms with van der Waals surface area (Å²) in [4.78, 5) is 12.3. The van der Waals surface area contributed by atoms with E-state index in [1.54, 1.807) is 31.2 Å². The summed E-state index contributed by atoms with van der Waals surface area (Å²) in [6.45, 7) is 5.72. The van der Waals surface area contributed by atoms with E-state index in [1.165, 1.54) is 0 Å². The van der Waals surface area contributed by atoms with Crippen molar-refractivity contribution in [3.63, 3.8) is 0 Å². The highest BCUT2D eigenvalue weighted by Crippen LogP contribution is 2.42. The van der Waals surface area contributed by atoms with Gasteiger partial charge in [-0.3, -0.25) is 4.79 Å². The SMILES string of the molecule is CC1=C(CS(=O)(=O)c2ccc(I)cc2)C(C)(C)CC(Br)C1=O. The highest BCUT2D eigenvalue weighted by atomic mass is 127. The van der Waals surface area contributed by atoms with E-state index in [0.717, 1.165) is 9.14 Å². The smallest absolute Gasteiger partial charge is 0.182 e. The number of halogens is 2. The molecule has 1 unspecified atom stereocenters. The lowest BCUT2D eigenvalue weighted by atomic mass is 9.73. The van der Waals surface area contributed by atoms with Crippen molar-refractivity contribution < 1.29 is 13.2 Å². The van der Waals surface area contributed by atoms with Gasteiger partial charge in [0.15, 0.2) is 15.6 Å². The summed E-state index contributed by atoms with van der Waals surface area (Å²) in [6.07, 6.45) is 0.612. The van der Waals surface area contributed by atoms with Gasteiger partial charge in [-0.1, -0.05) is 29.8 Å². The van der Waals surface area contributed by atoms with Crippen molar-refractivity contribution in [2.45, 2.75) is 36.9 Å². The van der Waals surface area contributed by atoms with Crippen molar-refractivity contribution in [2.75, 3.05) is 5.75 Å². The van der Waals surface area contributed by atoms with Crippen LogP contribution in [0.1, 0.15) is 27.2 Å². The molecule has 0 spiro atoms. The maximum absolute atomic E-state index is 12.7. The Kier molecular flexibility index (Phi) is 5.24. The van der Waals surface area contributed by atoms with Gasteiger partial charge >= 0.3 is 0 Å². The highest BCUT2D eigenvalue weighted by molar-refractivity contribution is 14.1. The number of allylic oxidation sites excluding steroid dienone is 1. The first-order valence-corrected chi connectivity index (χ1v) is 10.6. The van der Waals surface area contributed by atoms with Gasteiger partial charge in [0.2, 0.25) is 0 Å². The van der Waals surface area contributed by atoms with Crippen LogP contribution < -0.4 is 0 Å². The Morgan fingerprint density at radius 1 is 1.27 bits per heavy atom. The fourth-order valence-electron chi connectivity index (χ4n) is 2.77. The van der Waals surface area contributed by atoms with E-state index in [1.807, 2.05) is 13.8 Å². The molecule has 0 N–H and O–H groups in total. The molecule has 0 amide bonds. The largest absolute Gasteiger partial charge is 0.293 e. The molecule has 22 heavy (non-hydrogen) atoms. The topological polar surface area (TPSA) is 51.2 Å². The lowest BCUT2D eigenvalue weighted by Crippen LogP contribution is -2.35. The molecule has 2 rings (SSSR count). The lowest BCUT2D eigenvalue weighted by Gasteiger charge is -2.36. The average Bonchev–Trinajstić information content (AvgIpc) is 2.41. The van der Waals surface area contributed by atoms with Crippen LogP contribution in [0.2, 0.25) is 0 Å². The Hall–Kier alpha value is -0.210. The van der Waals surface area contributed by atoms with Crippen LogP contribution in [-0.4, -0.2) is 24.8 Å². The molecule has 0 bridgehead atoms. The van der Waals surface area contributed by atoms with E-state index < -0.39 is 9.84 Å². The Labute approximate surface area is 153 Å². The van der Waals surface area contributed by atoms with Crippen molar-refractivity contribution >= 4 is 54.1 Å². The maximum Gasteiger partial charge on any atom is 0.182 e. The van der Waals surface area contributed by atoms with Gasteiger partial charge < -0.3 is 0 Å². The third-order valence-electron chi connectivity index (χ3n) is 4.12. The van der Waals surface area contributed by atoms with Crippen LogP contribution in [0.3, 0.4) is 0 Å². The molecule has 0 saturated carbocycles. The number of alkyl halides is 1. The standard InChI is InChI=1S/C16H18BrIO3S/c1-10-13(16(2,3)8-14(17)15(10)19)9-22(20,21)12-6-4-11(18)5-7-12/h4-7,14H,8-9H2,1-3H3. The molecule has 1 aromatic carbocycles. The molecular formula is C16H18BrIO3S. The van der Waals surface area contributed by atoms with Crippen LogP contribution in [0.15, 0.2) is 40.3 Å². The van der Waals surface area contributed by atoms with Gasteiger partial charge in [0.1, 0.15) is 0 Å². The minimum atomic E-state index is -3.45. The zero-order chi connectivity index (χ0) is 16.7. The molecule has 1 aromatic rings. The second-order valence-electron chi connectivity index (χ2n) is 6.24. The van der Waals surface area contributed by atoms with Gasteiger partial charge in [-0.25, -0.2) is 8.42 Å². The Morgan fingerprint density at radius 3 is 2.36 bits per heavy atom. The molecule has 1 aliphatic carbocycles. The molecule has 0 saturated heterocycles. The van der Waals surface area contributed by atoms with E-state index in [2.05, 4.69) is 38.5 Å². The zero-order valence-electron chi connectivity index (χ0n) is 12.7. The minimum absolute atomic E-state index is 0.00728. The second-order valence-corrected chi connectivity index (χ2v) is 10.6. The summed E-state index contributed by atoms with van der Waals surface area (Å²) in [7, 11) is -3.45. The molecule has 0 heterocycles. The number of carbonyl (C=O) groups excluding carboxylic acids is 1. The normalized spacial score (nSPS) is 22.0. The first-order chi connectivity index (χ1) is 10.0. The van der Waals surface area contributed by atoms with Crippen molar-refractivity contribution in [1.82, 2.24) is 0 Å². The minimum Gasteiger partial charge on any atom is -0.293 e. The molecular weight excluding hydrogens is 479 g/mol. The summed E-state index contributed by atoms with van der Waals surface area (Å²) in [5, 5.41) is 0. The molecule has 3 nitrogen and oxygen atoms in total. The van der Waals surface area contributed by atoms with Gasteiger partial charge in [0.05, 0.1) is 15.5 Å². The van der Waals surface area contributed by atoms with E-state index in [4.69, 9.17) is 0 Å². The average molecular weight is 497 g/mol. The number of carbonyl (C=O) groups is 1. The summed E-state index contributed by atoms with van der Waals surface area (Å²) < 4.78 is 26.3. The van der Waals surface area contributed by atoms with Crippen molar-refractivity contribution in [3.05, 3.63) is 39.0 Å². The Bertz CT molecular complexity index is 733. The van der Waals surface area contributed by atoms with Crippen LogP contribution in [0, 0.1) is 8.99 Å². The van der Waals surface area contributed by atoms with E-state index in [9.17, 15) is 13.2 Å². The van der Waals surface area contributed by atoms with Gasteiger partial charge in [0, 0.05) is 3.57 Å². The first kappa shape index (κ1) is 18.1. The van der Waals surface area contributed by atoms with Crippen LogP contribution in [0.4, 0.5) is 0 Å². The fraction of sp³-hybridized carbons (Fsp3) is 0.438. The third-order valence-corrected chi connectivity index (χ3v) is 7.24. The van der Waals surface area contributed by atoms with Crippen LogP contribution >= 0.6 is 38.5 Å². The zero-order valence-corrected chi connectivity index (χ0v) is 17.2. The number of hydrogen-bond donors (Lipinski definition) is 0. The number of benzene rings is 1. The van der Waals surface area contributed by atoms with Crippen LogP contribution in [-0.2, 0) is 14.6 Å². The van der Waals surface area contributed by atoms with Crippen molar-refractivity contribution in [1.29, 1.82) is 0 Å². The van der Waals surface area contributed by atoms with Gasteiger partial charge in [-0.05, 0) is 76.8 Å². The van der Waals surface area contributed by atoms with Crippen molar-refractivity contribution in [2.24, 2.45) is 5.41 Å². The molecule has 0 radical (unpaired) electrons. The predicted octanol–water partition coefficient (Wildman–Crippen LogP) is 4.14. The van der Waals surface area contributed by atoms with Gasteiger partial charge in [0.25, 0.3) is 0 Å². The first-order valence-electron chi connectivity index (χ1n) is 6.91. The fourth-order valence-corrected chi connectivity index (χ4v) is 5.99.